The summed E-state index contributed by atoms with van der Waals surface area (Å²) in [5.74, 6) is -1.22. The molecule has 0 radical (unpaired) electrons. The minimum absolute atomic E-state index is 0.0142. The molecule has 0 amide bonds. The molecule has 0 saturated heterocycles. The molecule has 3 aromatic rings. The van der Waals surface area contributed by atoms with Crippen molar-refractivity contribution in [3.63, 3.8) is 0 Å². The van der Waals surface area contributed by atoms with Crippen LogP contribution >= 0.6 is 15.9 Å². The Balaban J connectivity index is 2.30. The first-order valence-electron chi connectivity index (χ1n) is 6.77. The van der Waals surface area contributed by atoms with Crippen molar-refractivity contribution in [3.05, 3.63) is 64.1 Å². The largest absolute Gasteiger partial charge is 0.478 e. The predicted octanol–water partition coefficient (Wildman–Crippen LogP) is 5.38. The van der Waals surface area contributed by atoms with Gasteiger partial charge in [0.05, 0.1) is 22.3 Å². The third kappa shape index (κ3) is 3.12. The van der Waals surface area contributed by atoms with Gasteiger partial charge in [-0.25, -0.2) is 9.78 Å². The number of alkyl halides is 3. The van der Waals surface area contributed by atoms with Crippen molar-refractivity contribution in [3.8, 4) is 11.3 Å². The third-order valence-corrected chi connectivity index (χ3v) is 3.98. The van der Waals surface area contributed by atoms with Crippen LogP contribution in [0.3, 0.4) is 0 Å². The Bertz CT molecular complexity index is 954. The highest BCUT2D eigenvalue weighted by molar-refractivity contribution is 9.10. The van der Waals surface area contributed by atoms with Crippen molar-refractivity contribution < 1.29 is 23.1 Å². The van der Waals surface area contributed by atoms with Crippen LogP contribution in [0.5, 0.6) is 0 Å². The number of aromatic nitrogens is 1. The molecule has 122 valence electrons. The molecule has 1 heterocycles. The van der Waals surface area contributed by atoms with Crippen molar-refractivity contribution in [1.29, 1.82) is 0 Å². The molecule has 3 nitrogen and oxygen atoms in total. The summed E-state index contributed by atoms with van der Waals surface area (Å²) in [6, 6.07) is 11.2. The number of carboxylic acids is 1. The van der Waals surface area contributed by atoms with Crippen LogP contribution in [0.25, 0.3) is 22.2 Å². The van der Waals surface area contributed by atoms with Gasteiger partial charge in [0.2, 0.25) is 0 Å². The van der Waals surface area contributed by atoms with Gasteiger partial charge in [-0.05, 0) is 30.3 Å². The van der Waals surface area contributed by atoms with Gasteiger partial charge in [-0.15, -0.1) is 0 Å². The van der Waals surface area contributed by atoms with Crippen molar-refractivity contribution >= 4 is 32.8 Å². The lowest BCUT2D eigenvalue weighted by Gasteiger charge is -2.11. The fraction of sp³-hybridized carbons (Fsp3) is 0.0588. The molecule has 1 N–H and O–H groups in total. The number of benzene rings is 2. The minimum atomic E-state index is -4.52. The molecule has 0 unspecified atom stereocenters. The lowest BCUT2D eigenvalue weighted by molar-refractivity contribution is -0.137. The molecule has 7 heteroatoms. The normalized spacial score (nSPS) is 11.7. The standard InChI is InChI=1S/C17H9BrF3NO2/c18-11-3-1-2-9(6-11)14-8-13(16(23)24)12-5-4-10(17(19,20)21)7-15(12)22-14/h1-8H,(H,23,24). The van der Waals surface area contributed by atoms with E-state index in [1.54, 1.807) is 24.3 Å². The topological polar surface area (TPSA) is 50.2 Å². The fourth-order valence-electron chi connectivity index (χ4n) is 2.38. The number of fused-ring (bicyclic) bond motifs is 1. The molecule has 0 aliphatic carbocycles. The summed E-state index contributed by atoms with van der Waals surface area (Å²) in [6.07, 6.45) is -4.52. The maximum Gasteiger partial charge on any atom is 0.416 e. The number of hydrogen-bond donors (Lipinski definition) is 1. The van der Waals surface area contributed by atoms with Gasteiger partial charge in [0.15, 0.2) is 0 Å². The summed E-state index contributed by atoms with van der Waals surface area (Å²) in [5, 5.41) is 9.54. The van der Waals surface area contributed by atoms with Crippen LogP contribution in [0.2, 0.25) is 0 Å². The molecule has 0 aliphatic rings. The molecule has 3 rings (SSSR count). The average Bonchev–Trinajstić information content (AvgIpc) is 2.52. The summed E-state index contributed by atoms with van der Waals surface area (Å²) in [5.41, 5.74) is -0.0830. The highest BCUT2D eigenvalue weighted by Crippen LogP contribution is 2.33. The van der Waals surface area contributed by atoms with Crippen LogP contribution in [0.1, 0.15) is 15.9 Å². The smallest absolute Gasteiger partial charge is 0.416 e. The van der Waals surface area contributed by atoms with Gasteiger partial charge in [0.25, 0.3) is 0 Å². The van der Waals surface area contributed by atoms with Gasteiger partial charge in [0.1, 0.15) is 0 Å². The van der Waals surface area contributed by atoms with E-state index in [9.17, 15) is 23.1 Å². The molecule has 24 heavy (non-hydrogen) atoms. The molecule has 0 bridgehead atoms. The number of aromatic carboxylic acids is 1. The Morgan fingerprint density at radius 2 is 1.83 bits per heavy atom. The quantitative estimate of drug-likeness (QED) is 0.633. The molecular weight excluding hydrogens is 387 g/mol. The summed E-state index contributed by atoms with van der Waals surface area (Å²) in [7, 11) is 0. The van der Waals surface area contributed by atoms with Gasteiger partial charge in [0, 0.05) is 15.4 Å². The molecular formula is C17H9BrF3NO2. The van der Waals surface area contributed by atoms with Crippen LogP contribution in [-0.2, 0) is 6.18 Å². The van der Waals surface area contributed by atoms with E-state index in [1.807, 2.05) is 0 Å². The van der Waals surface area contributed by atoms with Gasteiger partial charge >= 0.3 is 12.1 Å². The second kappa shape index (κ2) is 5.90. The summed E-state index contributed by atoms with van der Waals surface area (Å²) < 4.78 is 39.5. The SMILES string of the molecule is O=C(O)c1cc(-c2cccc(Br)c2)nc2cc(C(F)(F)F)ccc12. The fourth-order valence-corrected chi connectivity index (χ4v) is 2.78. The Labute approximate surface area is 142 Å². The van der Waals surface area contributed by atoms with E-state index in [0.717, 1.165) is 22.7 Å². The zero-order valence-electron chi connectivity index (χ0n) is 11.9. The van der Waals surface area contributed by atoms with Crippen LogP contribution < -0.4 is 0 Å². The number of carbonyl (C=O) groups is 1. The van der Waals surface area contributed by atoms with Gasteiger partial charge < -0.3 is 5.11 Å². The summed E-state index contributed by atoms with van der Waals surface area (Å²) in [4.78, 5) is 15.7. The van der Waals surface area contributed by atoms with E-state index in [1.165, 1.54) is 6.07 Å². The maximum absolute atomic E-state index is 12.9. The number of pyridine rings is 1. The molecule has 0 saturated carbocycles. The van der Waals surface area contributed by atoms with Gasteiger partial charge in [-0.3, -0.25) is 0 Å². The van der Waals surface area contributed by atoms with Crippen LogP contribution in [-0.4, -0.2) is 16.1 Å². The number of nitrogens with zero attached hydrogens (tertiary/aromatic N) is 1. The average molecular weight is 396 g/mol. The first-order valence-corrected chi connectivity index (χ1v) is 7.56. The predicted molar refractivity (Wildman–Crippen MR) is 86.8 cm³/mol. The molecule has 2 aromatic carbocycles. The molecule has 0 aliphatic heterocycles. The summed E-state index contributed by atoms with van der Waals surface area (Å²) in [6.45, 7) is 0. The van der Waals surface area contributed by atoms with Gasteiger partial charge in [-0.2, -0.15) is 13.2 Å². The maximum atomic E-state index is 12.9. The van der Waals surface area contributed by atoms with Crippen LogP contribution in [0.15, 0.2) is 53.0 Å². The minimum Gasteiger partial charge on any atom is -0.478 e. The number of rotatable bonds is 2. The van der Waals surface area contributed by atoms with Gasteiger partial charge in [-0.1, -0.05) is 34.1 Å². The third-order valence-electron chi connectivity index (χ3n) is 3.49. The lowest BCUT2D eigenvalue weighted by atomic mass is 10.0. The molecule has 0 fully saturated rings. The first-order chi connectivity index (χ1) is 11.3. The summed E-state index contributed by atoms with van der Waals surface area (Å²) >= 11 is 3.30. The van der Waals surface area contributed by atoms with Crippen molar-refractivity contribution in [2.75, 3.05) is 0 Å². The zero-order chi connectivity index (χ0) is 17.5. The second-order valence-corrected chi connectivity index (χ2v) is 6.02. The molecule has 1 aromatic heterocycles. The van der Waals surface area contributed by atoms with Crippen molar-refractivity contribution in [1.82, 2.24) is 4.98 Å². The Hall–Kier alpha value is -2.41. The van der Waals surface area contributed by atoms with E-state index in [4.69, 9.17) is 0 Å². The van der Waals surface area contributed by atoms with Crippen LogP contribution in [0, 0.1) is 0 Å². The zero-order valence-corrected chi connectivity index (χ0v) is 13.5. The number of hydrogen-bond acceptors (Lipinski definition) is 2. The monoisotopic (exact) mass is 395 g/mol. The van der Waals surface area contributed by atoms with E-state index < -0.39 is 17.7 Å². The van der Waals surface area contributed by atoms with Crippen molar-refractivity contribution in [2.45, 2.75) is 6.18 Å². The Morgan fingerprint density at radius 3 is 2.46 bits per heavy atom. The van der Waals surface area contributed by atoms with E-state index in [0.29, 0.717) is 11.3 Å². The first kappa shape index (κ1) is 16.4. The van der Waals surface area contributed by atoms with E-state index >= 15 is 0 Å². The lowest BCUT2D eigenvalue weighted by Crippen LogP contribution is -2.06. The highest BCUT2D eigenvalue weighted by Gasteiger charge is 2.31. The molecule has 0 atom stereocenters. The van der Waals surface area contributed by atoms with Crippen molar-refractivity contribution in [2.24, 2.45) is 0 Å². The van der Waals surface area contributed by atoms with Crippen LogP contribution in [0.4, 0.5) is 13.2 Å². The van der Waals surface area contributed by atoms with E-state index in [-0.39, 0.29) is 16.5 Å². The second-order valence-electron chi connectivity index (χ2n) is 5.10. The Morgan fingerprint density at radius 1 is 1.08 bits per heavy atom. The highest BCUT2D eigenvalue weighted by atomic mass is 79.9. The number of carboxylic acid groups (broad SMARTS) is 1. The molecule has 0 spiro atoms. The number of halogens is 4. The Kier molecular flexibility index (Phi) is 4.04. The van der Waals surface area contributed by atoms with E-state index in [2.05, 4.69) is 20.9 Å².